The van der Waals surface area contributed by atoms with Gasteiger partial charge in [0.05, 0.1) is 0 Å². The largest absolute Gasteiger partial charge is 0.500 e. The van der Waals surface area contributed by atoms with Gasteiger partial charge in [-0.2, -0.15) is 4.99 Å². The van der Waals surface area contributed by atoms with Crippen LogP contribution in [0.1, 0.15) is 27.2 Å². The molecule has 0 aliphatic rings. The van der Waals surface area contributed by atoms with Crippen molar-refractivity contribution in [3.63, 3.8) is 0 Å². The summed E-state index contributed by atoms with van der Waals surface area (Å²) in [6.07, 6.45) is 0.715. The van der Waals surface area contributed by atoms with E-state index in [-0.39, 0.29) is 6.03 Å². The molecule has 0 atom stereocenters. The van der Waals surface area contributed by atoms with E-state index in [1.807, 2.05) is 49.0 Å². The maximum absolute atomic E-state index is 11.9. The molecule has 0 saturated carbocycles. The standard InChI is InChI=1S/C15H34N4O4Si/c1-8-21-24(22-9-2,23-10-3)13-11-12-16-14(20)17-15(18(4)5)19(6)7/h8-13H2,1-7H3,(H,16,20). The number of carbonyl (C=O) groups excluding carboxylic acids is 1. The number of nitrogens with zero attached hydrogens (tertiary/aromatic N) is 3. The summed E-state index contributed by atoms with van der Waals surface area (Å²) in [6, 6.07) is 0.310. The van der Waals surface area contributed by atoms with Crippen LogP contribution in [0, 0.1) is 0 Å². The van der Waals surface area contributed by atoms with Gasteiger partial charge in [-0.1, -0.05) is 0 Å². The van der Waals surface area contributed by atoms with Gasteiger partial charge in [0.25, 0.3) is 0 Å². The van der Waals surface area contributed by atoms with E-state index in [0.717, 1.165) is 0 Å². The number of rotatable bonds is 10. The van der Waals surface area contributed by atoms with Crippen molar-refractivity contribution in [2.45, 2.75) is 33.2 Å². The molecule has 0 saturated heterocycles. The highest BCUT2D eigenvalue weighted by Gasteiger charge is 2.39. The van der Waals surface area contributed by atoms with Crippen LogP contribution in [-0.4, -0.2) is 85.2 Å². The molecular weight excluding hydrogens is 328 g/mol. The van der Waals surface area contributed by atoms with Crippen molar-refractivity contribution in [1.29, 1.82) is 0 Å². The van der Waals surface area contributed by atoms with Crippen LogP contribution >= 0.6 is 0 Å². The molecule has 0 heterocycles. The zero-order valence-corrected chi connectivity index (χ0v) is 17.2. The van der Waals surface area contributed by atoms with E-state index >= 15 is 0 Å². The Morgan fingerprint density at radius 1 is 0.958 bits per heavy atom. The first-order valence-electron chi connectivity index (χ1n) is 8.44. The summed E-state index contributed by atoms with van der Waals surface area (Å²) in [5.74, 6) is 0.592. The van der Waals surface area contributed by atoms with Crippen LogP contribution in [0.25, 0.3) is 0 Å². The topological polar surface area (TPSA) is 75.6 Å². The van der Waals surface area contributed by atoms with Gasteiger partial charge in [-0.05, 0) is 27.2 Å². The Hall–Kier alpha value is -1.16. The summed E-state index contributed by atoms with van der Waals surface area (Å²) < 4.78 is 17.4. The molecule has 0 aromatic rings. The lowest BCUT2D eigenvalue weighted by Gasteiger charge is -2.28. The summed E-state index contributed by atoms with van der Waals surface area (Å²) in [6.45, 7) is 7.95. The van der Waals surface area contributed by atoms with Crippen LogP contribution in [0.3, 0.4) is 0 Å². The van der Waals surface area contributed by atoms with E-state index in [4.69, 9.17) is 13.3 Å². The molecule has 8 nitrogen and oxygen atoms in total. The molecule has 9 heteroatoms. The van der Waals surface area contributed by atoms with Gasteiger partial charge in [0.1, 0.15) is 0 Å². The van der Waals surface area contributed by atoms with E-state index in [1.54, 1.807) is 9.80 Å². The van der Waals surface area contributed by atoms with E-state index in [0.29, 0.717) is 44.8 Å². The third-order valence-electron chi connectivity index (χ3n) is 3.03. The Kier molecular flexibility index (Phi) is 11.6. The molecule has 0 aromatic heterocycles. The van der Waals surface area contributed by atoms with Gasteiger partial charge in [0.15, 0.2) is 0 Å². The van der Waals surface area contributed by atoms with Gasteiger partial charge in [-0.3, -0.25) is 0 Å². The first-order chi connectivity index (χ1) is 11.3. The van der Waals surface area contributed by atoms with Crippen LogP contribution in [0.5, 0.6) is 0 Å². The highest BCUT2D eigenvalue weighted by Crippen LogP contribution is 2.17. The zero-order valence-electron chi connectivity index (χ0n) is 16.2. The number of hydrogen-bond acceptors (Lipinski definition) is 4. The number of aliphatic imine (C=N–C) groups is 1. The van der Waals surface area contributed by atoms with Gasteiger partial charge < -0.3 is 28.4 Å². The van der Waals surface area contributed by atoms with Crippen LogP contribution in [0.4, 0.5) is 4.79 Å². The van der Waals surface area contributed by atoms with Crippen molar-refractivity contribution in [1.82, 2.24) is 15.1 Å². The lowest BCUT2D eigenvalue weighted by molar-refractivity contribution is 0.0708. The van der Waals surface area contributed by atoms with Crippen molar-refractivity contribution >= 4 is 20.8 Å². The van der Waals surface area contributed by atoms with Crippen LogP contribution in [0.2, 0.25) is 6.04 Å². The highest BCUT2D eigenvalue weighted by atomic mass is 28.4. The second-order valence-corrected chi connectivity index (χ2v) is 8.25. The molecule has 0 spiro atoms. The Balaban J connectivity index is 4.51. The Morgan fingerprint density at radius 3 is 1.79 bits per heavy atom. The molecule has 0 bridgehead atoms. The molecular formula is C15H34N4O4Si. The minimum absolute atomic E-state index is 0.358. The number of urea groups is 1. The Bertz CT molecular complexity index is 365. The molecule has 2 amide bonds. The first kappa shape index (κ1) is 22.8. The minimum atomic E-state index is -2.64. The molecule has 0 aliphatic heterocycles. The van der Waals surface area contributed by atoms with Crippen molar-refractivity contribution < 1.29 is 18.1 Å². The monoisotopic (exact) mass is 362 g/mol. The predicted octanol–water partition coefficient (Wildman–Crippen LogP) is 1.61. The normalized spacial score (nSPS) is 11.1. The molecule has 142 valence electrons. The maximum atomic E-state index is 11.9. The first-order valence-corrected chi connectivity index (χ1v) is 10.4. The van der Waals surface area contributed by atoms with Gasteiger partial charge in [-0.25, -0.2) is 4.79 Å². The van der Waals surface area contributed by atoms with E-state index < -0.39 is 8.80 Å². The fourth-order valence-corrected chi connectivity index (χ4v) is 4.84. The minimum Gasteiger partial charge on any atom is -0.374 e. The summed E-state index contributed by atoms with van der Waals surface area (Å²) >= 11 is 0. The number of nitrogens with one attached hydrogen (secondary N) is 1. The molecule has 0 unspecified atom stereocenters. The molecule has 0 radical (unpaired) electrons. The van der Waals surface area contributed by atoms with Crippen LogP contribution < -0.4 is 5.32 Å². The number of carbonyl (C=O) groups is 1. The summed E-state index contributed by atoms with van der Waals surface area (Å²) in [4.78, 5) is 19.6. The third kappa shape index (κ3) is 8.62. The molecule has 0 aromatic carbocycles. The number of guanidine groups is 1. The SMILES string of the molecule is CCO[Si](CCCNC(=O)N=C(N(C)C)N(C)C)(OCC)OCC. The lowest BCUT2D eigenvalue weighted by Crippen LogP contribution is -2.46. The van der Waals surface area contributed by atoms with Gasteiger partial charge in [0, 0.05) is 60.6 Å². The quantitative estimate of drug-likeness (QED) is 0.275. The number of amides is 2. The predicted molar refractivity (Wildman–Crippen MR) is 98.3 cm³/mol. The average molecular weight is 363 g/mol. The fourth-order valence-electron chi connectivity index (χ4n) is 2.23. The molecule has 0 aliphatic carbocycles. The third-order valence-corrected chi connectivity index (χ3v) is 6.18. The lowest BCUT2D eigenvalue weighted by atomic mass is 10.5. The van der Waals surface area contributed by atoms with Crippen molar-refractivity contribution in [3.8, 4) is 0 Å². The molecule has 24 heavy (non-hydrogen) atoms. The Labute approximate surface area is 147 Å². The van der Waals surface area contributed by atoms with Crippen molar-refractivity contribution in [2.75, 3.05) is 54.6 Å². The van der Waals surface area contributed by atoms with Crippen LogP contribution in [0.15, 0.2) is 4.99 Å². The van der Waals surface area contributed by atoms with Crippen LogP contribution in [-0.2, 0) is 13.3 Å². The summed E-state index contributed by atoms with van der Waals surface area (Å²) in [5.41, 5.74) is 0. The second kappa shape index (κ2) is 12.2. The molecule has 0 fully saturated rings. The van der Waals surface area contributed by atoms with E-state index in [1.165, 1.54) is 0 Å². The average Bonchev–Trinajstić information content (AvgIpc) is 2.49. The maximum Gasteiger partial charge on any atom is 0.500 e. The Morgan fingerprint density at radius 2 is 1.42 bits per heavy atom. The van der Waals surface area contributed by atoms with Gasteiger partial charge in [-0.15, -0.1) is 0 Å². The fraction of sp³-hybridized carbons (Fsp3) is 0.867. The number of hydrogen-bond donors (Lipinski definition) is 1. The highest BCUT2D eigenvalue weighted by molar-refractivity contribution is 6.60. The second-order valence-electron chi connectivity index (χ2n) is 5.52. The van der Waals surface area contributed by atoms with Gasteiger partial charge >= 0.3 is 14.8 Å². The smallest absolute Gasteiger partial charge is 0.374 e. The molecule has 1 N–H and O–H groups in total. The van der Waals surface area contributed by atoms with E-state index in [2.05, 4.69) is 10.3 Å². The zero-order chi connectivity index (χ0) is 18.6. The summed E-state index contributed by atoms with van der Waals surface area (Å²) in [7, 11) is 4.74. The molecule has 0 rings (SSSR count). The van der Waals surface area contributed by atoms with E-state index in [9.17, 15) is 4.79 Å². The van der Waals surface area contributed by atoms with Crippen molar-refractivity contribution in [2.24, 2.45) is 4.99 Å². The van der Waals surface area contributed by atoms with Gasteiger partial charge in [0.2, 0.25) is 5.96 Å². The summed E-state index contributed by atoms with van der Waals surface area (Å²) in [5, 5.41) is 2.80. The van der Waals surface area contributed by atoms with Crippen molar-refractivity contribution in [3.05, 3.63) is 0 Å².